The number of benzene rings is 1. The quantitative estimate of drug-likeness (QED) is 0.733. The van der Waals surface area contributed by atoms with Gasteiger partial charge in [0.15, 0.2) is 0 Å². The van der Waals surface area contributed by atoms with Crippen LogP contribution >= 0.6 is 0 Å². The molecule has 1 aromatic carbocycles. The van der Waals surface area contributed by atoms with Gasteiger partial charge in [-0.25, -0.2) is 0 Å². The minimum atomic E-state index is 0.0300. The van der Waals surface area contributed by atoms with Gasteiger partial charge in [-0.3, -0.25) is 4.79 Å². The summed E-state index contributed by atoms with van der Waals surface area (Å²) in [7, 11) is 3.73. The molecule has 0 radical (unpaired) electrons. The van der Waals surface area contributed by atoms with Crippen LogP contribution in [0, 0.1) is 5.92 Å². The fourth-order valence-corrected chi connectivity index (χ4v) is 2.19. The average molecular weight is 263 g/mol. The molecule has 0 aliphatic carbocycles. The lowest BCUT2D eigenvalue weighted by Crippen LogP contribution is -2.34. The Morgan fingerprint density at radius 2 is 2.21 bits per heavy atom. The van der Waals surface area contributed by atoms with Crippen LogP contribution in [0.15, 0.2) is 24.3 Å². The highest BCUT2D eigenvalue weighted by molar-refractivity contribution is 5.78. The Morgan fingerprint density at radius 1 is 1.47 bits per heavy atom. The molecule has 1 aromatic rings. The largest absolute Gasteiger partial charge is 0.399 e. The summed E-state index contributed by atoms with van der Waals surface area (Å²) in [5, 5.41) is 2.68. The Labute approximate surface area is 116 Å². The second-order valence-electron chi connectivity index (χ2n) is 5.13. The van der Waals surface area contributed by atoms with E-state index in [2.05, 4.69) is 23.3 Å². The normalized spacial score (nSPS) is 12.4. The summed E-state index contributed by atoms with van der Waals surface area (Å²) in [6.45, 7) is 3.72. The van der Waals surface area contributed by atoms with Crippen LogP contribution in [-0.4, -0.2) is 38.0 Å². The number of nitrogens with zero attached hydrogens (tertiary/aromatic N) is 1. The first-order valence-corrected chi connectivity index (χ1v) is 6.77. The first kappa shape index (κ1) is 15.5. The lowest BCUT2D eigenvalue weighted by atomic mass is 10.1. The van der Waals surface area contributed by atoms with Crippen molar-refractivity contribution in [1.82, 2.24) is 10.2 Å². The minimum absolute atomic E-state index is 0.0300. The van der Waals surface area contributed by atoms with Crippen molar-refractivity contribution in [2.75, 3.05) is 32.9 Å². The van der Waals surface area contributed by atoms with Gasteiger partial charge in [0, 0.05) is 25.2 Å². The Bertz CT molecular complexity index is 406. The molecular weight excluding hydrogens is 238 g/mol. The maximum atomic E-state index is 11.4. The molecule has 0 bridgehead atoms. The highest BCUT2D eigenvalue weighted by Gasteiger charge is 2.12. The van der Waals surface area contributed by atoms with Gasteiger partial charge in [-0.05, 0) is 44.1 Å². The molecule has 0 aromatic heterocycles. The van der Waals surface area contributed by atoms with Crippen molar-refractivity contribution < 1.29 is 4.79 Å². The number of hydrogen-bond donors (Lipinski definition) is 2. The number of carbonyl (C=O) groups is 1. The summed E-state index contributed by atoms with van der Waals surface area (Å²) in [4.78, 5) is 13.6. The van der Waals surface area contributed by atoms with E-state index in [-0.39, 0.29) is 11.8 Å². The molecule has 0 saturated carbocycles. The topological polar surface area (TPSA) is 58.4 Å². The molecule has 0 aliphatic heterocycles. The van der Waals surface area contributed by atoms with Crippen LogP contribution in [0.3, 0.4) is 0 Å². The number of amides is 1. The van der Waals surface area contributed by atoms with Crippen LogP contribution in [0.4, 0.5) is 5.69 Å². The third kappa shape index (κ3) is 5.75. The predicted molar refractivity (Wildman–Crippen MR) is 79.9 cm³/mol. The molecule has 0 fully saturated rings. The zero-order valence-corrected chi connectivity index (χ0v) is 12.1. The molecule has 19 heavy (non-hydrogen) atoms. The molecule has 3 N–H and O–H groups in total. The first-order valence-electron chi connectivity index (χ1n) is 6.77. The average Bonchev–Trinajstić information content (AvgIpc) is 2.37. The summed E-state index contributed by atoms with van der Waals surface area (Å²) in [5.41, 5.74) is 7.84. The zero-order chi connectivity index (χ0) is 14.3. The molecule has 0 saturated heterocycles. The molecule has 0 heterocycles. The third-order valence-corrected chi connectivity index (χ3v) is 3.24. The number of nitrogen functional groups attached to an aromatic ring is 1. The van der Waals surface area contributed by atoms with Crippen molar-refractivity contribution in [3.8, 4) is 0 Å². The van der Waals surface area contributed by atoms with E-state index in [4.69, 9.17) is 5.73 Å². The van der Waals surface area contributed by atoms with E-state index in [0.29, 0.717) is 0 Å². The van der Waals surface area contributed by atoms with E-state index in [0.717, 1.165) is 31.6 Å². The number of aryl methyl sites for hydroxylation is 1. The number of nitrogens with two attached hydrogens (primary N) is 1. The number of nitrogens with one attached hydrogen (secondary N) is 1. The van der Waals surface area contributed by atoms with E-state index in [9.17, 15) is 4.79 Å². The van der Waals surface area contributed by atoms with Crippen LogP contribution in [0.1, 0.15) is 18.9 Å². The summed E-state index contributed by atoms with van der Waals surface area (Å²) < 4.78 is 0. The highest BCUT2D eigenvalue weighted by atomic mass is 16.1. The molecule has 1 atom stereocenters. The van der Waals surface area contributed by atoms with Crippen LogP contribution in [0.25, 0.3) is 0 Å². The summed E-state index contributed by atoms with van der Waals surface area (Å²) in [6.07, 6.45) is 2.09. The predicted octanol–water partition coefficient (Wildman–Crippen LogP) is 1.52. The molecule has 4 nitrogen and oxygen atoms in total. The molecule has 1 unspecified atom stereocenters. The lowest BCUT2D eigenvalue weighted by molar-refractivity contribution is -0.124. The summed E-state index contributed by atoms with van der Waals surface area (Å²) in [5.74, 6) is 0.130. The minimum Gasteiger partial charge on any atom is -0.399 e. The SMILES string of the molecule is CNC(=O)C(C)CN(C)CCCc1cccc(N)c1. The fraction of sp³-hybridized carbons (Fsp3) is 0.533. The van der Waals surface area contributed by atoms with Crippen molar-refractivity contribution in [3.05, 3.63) is 29.8 Å². The molecule has 0 aliphatic rings. The van der Waals surface area contributed by atoms with Gasteiger partial charge < -0.3 is 16.0 Å². The van der Waals surface area contributed by atoms with Crippen molar-refractivity contribution in [1.29, 1.82) is 0 Å². The van der Waals surface area contributed by atoms with Gasteiger partial charge in [-0.15, -0.1) is 0 Å². The van der Waals surface area contributed by atoms with Gasteiger partial charge in [-0.1, -0.05) is 19.1 Å². The van der Waals surface area contributed by atoms with E-state index < -0.39 is 0 Å². The van der Waals surface area contributed by atoms with Crippen molar-refractivity contribution >= 4 is 11.6 Å². The zero-order valence-electron chi connectivity index (χ0n) is 12.1. The number of anilines is 1. The monoisotopic (exact) mass is 263 g/mol. The van der Waals surface area contributed by atoms with E-state index in [1.807, 2.05) is 25.1 Å². The van der Waals surface area contributed by atoms with Crippen molar-refractivity contribution in [2.45, 2.75) is 19.8 Å². The molecule has 106 valence electrons. The van der Waals surface area contributed by atoms with Gasteiger partial charge in [0.2, 0.25) is 5.91 Å². The van der Waals surface area contributed by atoms with Crippen molar-refractivity contribution in [3.63, 3.8) is 0 Å². The van der Waals surface area contributed by atoms with E-state index >= 15 is 0 Å². The van der Waals surface area contributed by atoms with Gasteiger partial charge >= 0.3 is 0 Å². The van der Waals surface area contributed by atoms with Crippen molar-refractivity contribution in [2.24, 2.45) is 5.92 Å². The smallest absolute Gasteiger partial charge is 0.223 e. The van der Waals surface area contributed by atoms with Crippen LogP contribution in [0.5, 0.6) is 0 Å². The Morgan fingerprint density at radius 3 is 2.84 bits per heavy atom. The second kappa shape index (κ2) is 7.79. The molecular formula is C15H25N3O. The lowest BCUT2D eigenvalue weighted by Gasteiger charge is -2.20. The van der Waals surface area contributed by atoms with Crippen LogP contribution < -0.4 is 11.1 Å². The van der Waals surface area contributed by atoms with E-state index in [1.165, 1.54) is 5.56 Å². The van der Waals surface area contributed by atoms with Gasteiger partial charge in [-0.2, -0.15) is 0 Å². The number of rotatable bonds is 7. The first-order chi connectivity index (χ1) is 9.02. The van der Waals surface area contributed by atoms with Gasteiger partial charge in [0.1, 0.15) is 0 Å². The van der Waals surface area contributed by atoms with E-state index in [1.54, 1.807) is 7.05 Å². The fourth-order valence-electron chi connectivity index (χ4n) is 2.19. The van der Waals surface area contributed by atoms with Crippen LogP contribution in [-0.2, 0) is 11.2 Å². The Kier molecular flexibility index (Phi) is 6.36. The Hall–Kier alpha value is -1.55. The summed E-state index contributed by atoms with van der Waals surface area (Å²) >= 11 is 0. The maximum absolute atomic E-state index is 11.4. The molecule has 4 heteroatoms. The standard InChI is InChI=1S/C15H25N3O/c1-12(15(19)17-2)11-18(3)9-5-7-13-6-4-8-14(16)10-13/h4,6,8,10,12H,5,7,9,11,16H2,1-3H3,(H,17,19). The Balaban J connectivity index is 2.27. The second-order valence-corrected chi connectivity index (χ2v) is 5.13. The summed E-state index contributed by atoms with van der Waals surface area (Å²) in [6, 6.07) is 8.01. The number of hydrogen-bond acceptors (Lipinski definition) is 3. The molecule has 1 amide bonds. The van der Waals surface area contributed by atoms with Gasteiger partial charge in [0.05, 0.1) is 0 Å². The molecule has 0 spiro atoms. The molecule has 1 rings (SSSR count). The van der Waals surface area contributed by atoms with Gasteiger partial charge in [0.25, 0.3) is 0 Å². The third-order valence-electron chi connectivity index (χ3n) is 3.24. The highest BCUT2D eigenvalue weighted by Crippen LogP contribution is 2.09. The van der Waals surface area contributed by atoms with Crippen LogP contribution in [0.2, 0.25) is 0 Å². The number of carbonyl (C=O) groups excluding carboxylic acids is 1. The maximum Gasteiger partial charge on any atom is 0.223 e.